The van der Waals surface area contributed by atoms with Gasteiger partial charge in [-0.05, 0) is 46.7 Å². The predicted molar refractivity (Wildman–Crippen MR) is 175 cm³/mol. The van der Waals surface area contributed by atoms with Gasteiger partial charge in [-0.15, -0.1) is 0 Å². The Bertz CT molecular complexity index is 1870. The van der Waals surface area contributed by atoms with Crippen LogP contribution in [0.25, 0.3) is 10.8 Å². The summed E-state index contributed by atoms with van der Waals surface area (Å²) >= 11 is 0. The van der Waals surface area contributed by atoms with Crippen molar-refractivity contribution in [3.8, 4) is 5.75 Å². The third-order valence-electron chi connectivity index (χ3n) is 7.28. The van der Waals surface area contributed by atoms with Crippen LogP contribution in [0, 0.1) is 0 Å². The van der Waals surface area contributed by atoms with Gasteiger partial charge in [0.05, 0.1) is 38.0 Å². The topological polar surface area (TPSA) is 152 Å². The molecule has 0 atom stereocenters. The maximum Gasteiger partial charge on any atom is 0.296 e. The molecule has 0 unspecified atom stereocenters. The van der Waals surface area contributed by atoms with Crippen LogP contribution in [-0.4, -0.2) is 69.7 Å². The van der Waals surface area contributed by atoms with E-state index in [4.69, 9.17) is 9.47 Å². The van der Waals surface area contributed by atoms with Crippen molar-refractivity contribution in [3.05, 3.63) is 71.9 Å². The van der Waals surface area contributed by atoms with Crippen LogP contribution in [0.3, 0.4) is 0 Å². The number of aromatic nitrogens is 2. The maximum atomic E-state index is 13.6. The molecule has 1 aliphatic heterocycles. The number of ketones is 1. The first-order valence-electron chi connectivity index (χ1n) is 14.3. The molecule has 3 aromatic carbocycles. The lowest BCUT2D eigenvalue weighted by molar-refractivity contribution is -0.112. The van der Waals surface area contributed by atoms with Crippen molar-refractivity contribution in [2.45, 2.75) is 26.2 Å². The fourth-order valence-corrected chi connectivity index (χ4v) is 5.58. The maximum absolute atomic E-state index is 13.6. The van der Waals surface area contributed by atoms with Gasteiger partial charge in [-0.1, -0.05) is 45.0 Å². The van der Waals surface area contributed by atoms with Crippen LogP contribution in [-0.2, 0) is 25.0 Å². The number of ether oxygens (including phenoxy) is 2. The van der Waals surface area contributed by atoms with Gasteiger partial charge in [0.25, 0.3) is 11.7 Å². The van der Waals surface area contributed by atoms with Crippen LogP contribution >= 0.6 is 0 Å². The molecular weight excluding hydrogens is 596 g/mol. The molecule has 45 heavy (non-hydrogen) atoms. The lowest BCUT2D eigenvalue weighted by Crippen LogP contribution is -2.37. The number of nitrogens with zero attached hydrogens (tertiary/aromatic N) is 3. The Kier molecular flexibility index (Phi) is 8.94. The van der Waals surface area contributed by atoms with Gasteiger partial charge in [-0.25, -0.2) is 13.4 Å². The van der Waals surface area contributed by atoms with Crippen LogP contribution in [0.15, 0.2) is 60.8 Å². The number of Topliss-reactive ketones (excluding diaryl/α,β-unsaturated/α-hetero) is 1. The van der Waals surface area contributed by atoms with Crippen molar-refractivity contribution in [1.82, 2.24) is 9.97 Å². The van der Waals surface area contributed by atoms with Gasteiger partial charge in [-0.2, -0.15) is 4.98 Å². The standard InChI is InChI=1S/C32H36N6O6S/c1-32(2,3)20-18-25(29(43-4)26(19-20)37-45(5,41)42)35-30(40)28(39)23-10-11-24(22-9-7-6-8-21(22)23)34-27-12-13-33-31(36-27)38-14-16-44-17-15-38/h6-13,18-19,37H,14-17H2,1-5H3,(H,35,40)(H,33,34,36). The number of carbonyl (C=O) groups excluding carboxylic acids is 2. The van der Waals surface area contributed by atoms with E-state index in [1.807, 2.05) is 32.9 Å². The van der Waals surface area contributed by atoms with Crippen LogP contribution in [0.2, 0.25) is 0 Å². The summed E-state index contributed by atoms with van der Waals surface area (Å²) in [6, 6.07) is 15.7. The van der Waals surface area contributed by atoms with Gasteiger partial charge in [-0.3, -0.25) is 14.3 Å². The number of morpholine rings is 1. The number of methoxy groups -OCH3 is 1. The molecule has 0 radical (unpaired) electrons. The Balaban J connectivity index is 1.45. The normalized spacial score (nSPS) is 13.8. The van der Waals surface area contributed by atoms with Crippen LogP contribution in [0.5, 0.6) is 5.75 Å². The molecule has 5 rings (SSSR count). The number of fused-ring (bicyclic) bond motifs is 1. The van der Waals surface area contributed by atoms with Crippen molar-refractivity contribution in [2.24, 2.45) is 0 Å². The number of hydrogen-bond donors (Lipinski definition) is 3. The van der Waals surface area contributed by atoms with Gasteiger partial charge in [0.2, 0.25) is 16.0 Å². The van der Waals surface area contributed by atoms with E-state index in [1.165, 1.54) is 7.11 Å². The Hall–Kier alpha value is -4.75. The highest BCUT2D eigenvalue weighted by Crippen LogP contribution is 2.39. The van der Waals surface area contributed by atoms with E-state index < -0.39 is 27.1 Å². The fourth-order valence-electron chi connectivity index (χ4n) is 5.03. The first-order valence-corrected chi connectivity index (χ1v) is 16.2. The van der Waals surface area contributed by atoms with E-state index in [9.17, 15) is 18.0 Å². The first-order chi connectivity index (χ1) is 21.3. The van der Waals surface area contributed by atoms with Crippen LogP contribution < -0.4 is 25.0 Å². The molecule has 0 spiro atoms. The molecular formula is C32H36N6O6S. The molecule has 13 heteroatoms. The predicted octanol–water partition coefficient (Wildman–Crippen LogP) is 4.71. The largest absolute Gasteiger partial charge is 0.492 e. The average molecular weight is 633 g/mol. The number of anilines is 5. The van der Waals surface area contributed by atoms with Crippen molar-refractivity contribution < 1.29 is 27.5 Å². The van der Waals surface area contributed by atoms with Crippen molar-refractivity contribution in [1.29, 1.82) is 0 Å². The lowest BCUT2D eigenvalue weighted by atomic mass is 9.86. The zero-order valence-corrected chi connectivity index (χ0v) is 26.6. The number of hydrogen-bond acceptors (Lipinski definition) is 10. The molecule has 0 aliphatic carbocycles. The van der Waals surface area contributed by atoms with Gasteiger partial charge in [0.1, 0.15) is 5.82 Å². The smallest absolute Gasteiger partial charge is 0.296 e. The molecule has 0 saturated carbocycles. The van der Waals surface area contributed by atoms with E-state index in [1.54, 1.807) is 48.7 Å². The zero-order chi connectivity index (χ0) is 32.4. The minimum Gasteiger partial charge on any atom is -0.492 e. The second-order valence-electron chi connectivity index (χ2n) is 11.7. The minimum absolute atomic E-state index is 0.0836. The number of nitrogens with one attached hydrogen (secondary N) is 3. The Labute approximate surface area is 262 Å². The van der Waals surface area contributed by atoms with Gasteiger partial charge < -0.3 is 25.0 Å². The highest BCUT2D eigenvalue weighted by Gasteiger charge is 2.25. The third kappa shape index (κ3) is 7.32. The number of rotatable bonds is 9. The lowest BCUT2D eigenvalue weighted by Gasteiger charge is -2.26. The van der Waals surface area contributed by atoms with Crippen molar-refractivity contribution >= 4 is 61.3 Å². The van der Waals surface area contributed by atoms with Crippen LogP contribution in [0.1, 0.15) is 36.7 Å². The monoisotopic (exact) mass is 632 g/mol. The number of benzene rings is 3. The van der Waals surface area contributed by atoms with E-state index >= 15 is 0 Å². The summed E-state index contributed by atoms with van der Waals surface area (Å²) in [5, 5.41) is 7.28. The molecule has 0 bridgehead atoms. The third-order valence-corrected chi connectivity index (χ3v) is 7.87. The first kappa shape index (κ1) is 31.7. The van der Waals surface area contributed by atoms with Crippen LogP contribution in [0.4, 0.5) is 28.8 Å². The molecule has 1 saturated heterocycles. The van der Waals surface area contributed by atoms with Crippen molar-refractivity contribution in [2.75, 3.05) is 59.9 Å². The molecule has 2 heterocycles. The summed E-state index contributed by atoms with van der Waals surface area (Å²) in [5.74, 6) is -0.410. The minimum atomic E-state index is -3.67. The number of amides is 1. The summed E-state index contributed by atoms with van der Waals surface area (Å²) in [6.07, 6.45) is 2.71. The highest BCUT2D eigenvalue weighted by molar-refractivity contribution is 7.92. The zero-order valence-electron chi connectivity index (χ0n) is 25.8. The second-order valence-corrected chi connectivity index (χ2v) is 13.4. The van der Waals surface area contributed by atoms with Gasteiger partial charge in [0.15, 0.2) is 5.75 Å². The second kappa shape index (κ2) is 12.7. The molecule has 1 aromatic heterocycles. The highest BCUT2D eigenvalue weighted by atomic mass is 32.2. The van der Waals surface area contributed by atoms with E-state index in [0.29, 0.717) is 49.1 Å². The fraction of sp³-hybridized carbons (Fsp3) is 0.312. The SMILES string of the molecule is COc1c(NC(=O)C(=O)c2ccc(Nc3ccnc(N4CCOCC4)n3)c3ccccc23)cc(C(C)(C)C)cc1NS(C)(=O)=O. The van der Waals surface area contributed by atoms with Crippen molar-refractivity contribution in [3.63, 3.8) is 0 Å². The molecule has 4 aromatic rings. The summed E-state index contributed by atoms with van der Waals surface area (Å²) in [7, 11) is -2.31. The molecule has 12 nitrogen and oxygen atoms in total. The summed E-state index contributed by atoms with van der Waals surface area (Å²) in [4.78, 5) is 38.2. The van der Waals surface area contributed by atoms with E-state index in [0.717, 1.165) is 17.2 Å². The molecule has 1 aliphatic rings. The summed E-state index contributed by atoms with van der Waals surface area (Å²) in [5.41, 5.74) is 1.53. The summed E-state index contributed by atoms with van der Waals surface area (Å²) < 4.78 is 37.5. The Morgan fingerprint density at radius 3 is 2.31 bits per heavy atom. The summed E-state index contributed by atoms with van der Waals surface area (Å²) in [6.45, 7) is 8.47. The average Bonchev–Trinajstić information content (AvgIpc) is 3.00. The Morgan fingerprint density at radius 1 is 0.956 bits per heavy atom. The van der Waals surface area contributed by atoms with E-state index in [-0.39, 0.29) is 22.7 Å². The van der Waals surface area contributed by atoms with E-state index in [2.05, 4.69) is 30.2 Å². The molecule has 1 amide bonds. The number of carbonyl (C=O) groups is 2. The van der Waals surface area contributed by atoms with Gasteiger partial charge in [0, 0.05) is 35.9 Å². The molecule has 3 N–H and O–H groups in total. The Morgan fingerprint density at radius 2 is 1.64 bits per heavy atom. The molecule has 1 fully saturated rings. The molecule has 236 valence electrons. The van der Waals surface area contributed by atoms with Gasteiger partial charge >= 0.3 is 0 Å². The number of sulfonamides is 1. The quantitative estimate of drug-likeness (QED) is 0.175.